The highest BCUT2D eigenvalue weighted by Crippen LogP contribution is 2.26. The van der Waals surface area contributed by atoms with Gasteiger partial charge in [0.15, 0.2) is 0 Å². The van der Waals surface area contributed by atoms with Gasteiger partial charge in [0, 0.05) is 28.8 Å². The summed E-state index contributed by atoms with van der Waals surface area (Å²) in [5.41, 5.74) is 2.20. The van der Waals surface area contributed by atoms with Crippen LogP contribution in [0.4, 0.5) is 11.6 Å². The number of H-pyrrole nitrogens is 1. The van der Waals surface area contributed by atoms with Gasteiger partial charge in [-0.3, -0.25) is 9.78 Å². The third kappa shape index (κ3) is 2.06. The van der Waals surface area contributed by atoms with Crippen LogP contribution in [-0.2, 0) is 11.5 Å². The zero-order valence-electron chi connectivity index (χ0n) is 9.43. The van der Waals surface area contributed by atoms with Crippen molar-refractivity contribution in [3.05, 3.63) is 45.9 Å². The van der Waals surface area contributed by atoms with Crippen molar-refractivity contribution >= 4 is 23.4 Å². The number of hydrogen-bond donors (Lipinski definition) is 3. The first-order chi connectivity index (χ1) is 8.72. The van der Waals surface area contributed by atoms with Crippen LogP contribution in [0.1, 0.15) is 11.3 Å². The van der Waals surface area contributed by atoms with Gasteiger partial charge >= 0.3 is 0 Å². The predicted molar refractivity (Wildman–Crippen MR) is 71.2 cm³/mol. The fraction of sp³-hybridized carbons (Fsp3) is 0.167. The number of rotatable bonds is 2. The quantitative estimate of drug-likeness (QED) is 0.770. The second kappa shape index (κ2) is 4.38. The van der Waals surface area contributed by atoms with E-state index in [9.17, 15) is 9.90 Å². The molecule has 0 spiro atoms. The van der Waals surface area contributed by atoms with Crippen LogP contribution < -0.4 is 10.9 Å². The Kier molecular flexibility index (Phi) is 2.71. The maximum atomic E-state index is 11.8. The summed E-state index contributed by atoms with van der Waals surface area (Å²) in [5.74, 6) is 2.07. The number of aromatic nitrogens is 2. The van der Waals surface area contributed by atoms with Crippen LogP contribution in [0, 0.1) is 0 Å². The summed E-state index contributed by atoms with van der Waals surface area (Å²) in [6.45, 7) is 0. The van der Waals surface area contributed by atoms with E-state index in [1.165, 1.54) is 0 Å². The van der Waals surface area contributed by atoms with Crippen LogP contribution in [0.2, 0.25) is 0 Å². The molecule has 1 aromatic heterocycles. The van der Waals surface area contributed by atoms with Crippen molar-refractivity contribution < 1.29 is 5.11 Å². The van der Waals surface area contributed by atoms with E-state index in [0.717, 1.165) is 22.8 Å². The lowest BCUT2D eigenvalue weighted by molar-refractivity contribution is 0.475. The first kappa shape index (κ1) is 11.2. The molecule has 0 amide bonds. The highest BCUT2D eigenvalue weighted by Gasteiger charge is 2.17. The van der Waals surface area contributed by atoms with Crippen LogP contribution in [-0.4, -0.2) is 15.1 Å². The van der Waals surface area contributed by atoms with Gasteiger partial charge in [-0.15, -0.1) is 0 Å². The van der Waals surface area contributed by atoms with Gasteiger partial charge in [0.2, 0.25) is 5.95 Å². The number of phenols is 1. The number of nitrogens with zero attached hydrogens (tertiary/aromatic N) is 1. The van der Waals surface area contributed by atoms with Crippen molar-refractivity contribution in [1.82, 2.24) is 9.97 Å². The second-order valence-corrected chi connectivity index (χ2v) is 4.99. The van der Waals surface area contributed by atoms with Crippen LogP contribution in [0.15, 0.2) is 29.1 Å². The first-order valence-corrected chi connectivity index (χ1v) is 6.64. The van der Waals surface area contributed by atoms with Crippen molar-refractivity contribution in [3.8, 4) is 5.75 Å². The van der Waals surface area contributed by atoms with Gasteiger partial charge < -0.3 is 10.4 Å². The number of phenolic OH excluding ortho intramolecular Hbond substituents is 1. The van der Waals surface area contributed by atoms with E-state index in [0.29, 0.717) is 11.6 Å². The fourth-order valence-electron chi connectivity index (χ4n) is 1.84. The molecule has 3 N–H and O–H groups in total. The molecule has 0 fully saturated rings. The smallest absolute Gasteiger partial charge is 0.256 e. The van der Waals surface area contributed by atoms with E-state index < -0.39 is 0 Å². The maximum Gasteiger partial charge on any atom is 0.256 e. The molecule has 0 unspecified atom stereocenters. The summed E-state index contributed by atoms with van der Waals surface area (Å²) >= 11 is 1.68. The molecule has 3 rings (SSSR count). The minimum atomic E-state index is -0.0901. The molecule has 2 heterocycles. The molecule has 0 aliphatic carbocycles. The Morgan fingerprint density at radius 1 is 1.39 bits per heavy atom. The summed E-state index contributed by atoms with van der Waals surface area (Å²) < 4.78 is 0. The summed E-state index contributed by atoms with van der Waals surface area (Å²) in [4.78, 5) is 18.9. The minimum absolute atomic E-state index is 0.0901. The Labute approximate surface area is 107 Å². The second-order valence-electron chi connectivity index (χ2n) is 4.01. The number of fused-ring (bicyclic) bond motifs is 1. The van der Waals surface area contributed by atoms with E-state index in [1.807, 2.05) is 0 Å². The summed E-state index contributed by atoms with van der Waals surface area (Å²) in [7, 11) is 0. The number of aromatic amines is 1. The SMILES string of the molecule is O=c1[nH]c(Nc2cccc(O)c2)nc2c1CSC2. The minimum Gasteiger partial charge on any atom is -0.508 e. The van der Waals surface area contributed by atoms with E-state index in [4.69, 9.17) is 0 Å². The molecule has 18 heavy (non-hydrogen) atoms. The molecule has 0 radical (unpaired) electrons. The molecule has 6 heteroatoms. The van der Waals surface area contributed by atoms with Crippen LogP contribution in [0.5, 0.6) is 5.75 Å². The zero-order chi connectivity index (χ0) is 12.5. The van der Waals surface area contributed by atoms with Crippen molar-refractivity contribution in [1.29, 1.82) is 0 Å². The molecule has 5 nitrogen and oxygen atoms in total. The Bertz CT molecular complexity index is 654. The van der Waals surface area contributed by atoms with Crippen LogP contribution >= 0.6 is 11.8 Å². The normalized spacial score (nSPS) is 13.3. The average Bonchev–Trinajstić information content (AvgIpc) is 2.77. The van der Waals surface area contributed by atoms with Crippen LogP contribution in [0.3, 0.4) is 0 Å². The molecule has 92 valence electrons. The first-order valence-electron chi connectivity index (χ1n) is 5.48. The predicted octanol–water partition coefficient (Wildman–Crippen LogP) is 1.97. The summed E-state index contributed by atoms with van der Waals surface area (Å²) in [5, 5.41) is 12.3. The van der Waals surface area contributed by atoms with Crippen molar-refractivity contribution in [2.24, 2.45) is 0 Å². The molecular weight excluding hydrogens is 250 g/mol. The van der Waals surface area contributed by atoms with Gasteiger partial charge in [-0.05, 0) is 12.1 Å². The Morgan fingerprint density at radius 3 is 3.11 bits per heavy atom. The lowest BCUT2D eigenvalue weighted by Gasteiger charge is -2.06. The van der Waals surface area contributed by atoms with Crippen LogP contribution in [0.25, 0.3) is 0 Å². The molecule has 0 saturated carbocycles. The number of benzene rings is 1. The molecule has 1 aliphatic rings. The third-order valence-corrected chi connectivity index (χ3v) is 3.67. The molecule has 0 bridgehead atoms. The monoisotopic (exact) mass is 261 g/mol. The molecule has 1 aromatic carbocycles. The molecule has 0 saturated heterocycles. The largest absolute Gasteiger partial charge is 0.508 e. The number of aromatic hydroxyl groups is 1. The topological polar surface area (TPSA) is 78.0 Å². The standard InChI is InChI=1S/C12H11N3O2S/c16-8-3-1-2-7(4-8)13-12-14-10-6-18-5-9(10)11(17)15-12/h1-4,16H,5-6H2,(H2,13,14,15,17). The van der Waals surface area contributed by atoms with E-state index in [2.05, 4.69) is 15.3 Å². The van der Waals surface area contributed by atoms with E-state index in [1.54, 1.807) is 36.0 Å². The Morgan fingerprint density at radius 2 is 2.28 bits per heavy atom. The molecule has 1 aliphatic heterocycles. The zero-order valence-corrected chi connectivity index (χ0v) is 10.3. The fourth-order valence-corrected chi connectivity index (χ4v) is 2.88. The molecule has 2 aromatic rings. The van der Waals surface area contributed by atoms with Gasteiger partial charge in [-0.25, -0.2) is 4.98 Å². The maximum absolute atomic E-state index is 11.8. The average molecular weight is 261 g/mol. The third-order valence-electron chi connectivity index (χ3n) is 2.70. The number of thioether (sulfide) groups is 1. The Hall–Kier alpha value is -1.95. The van der Waals surface area contributed by atoms with Crippen molar-refractivity contribution in [3.63, 3.8) is 0 Å². The van der Waals surface area contributed by atoms with Gasteiger partial charge in [0.25, 0.3) is 5.56 Å². The summed E-state index contributed by atoms with van der Waals surface area (Å²) in [6, 6.07) is 6.67. The van der Waals surface area contributed by atoms with Gasteiger partial charge in [-0.2, -0.15) is 11.8 Å². The van der Waals surface area contributed by atoms with Gasteiger partial charge in [-0.1, -0.05) is 6.07 Å². The van der Waals surface area contributed by atoms with Crippen molar-refractivity contribution in [2.75, 3.05) is 5.32 Å². The number of nitrogens with one attached hydrogen (secondary N) is 2. The lowest BCUT2D eigenvalue weighted by atomic mass is 10.3. The van der Waals surface area contributed by atoms with Gasteiger partial charge in [0.1, 0.15) is 5.75 Å². The highest BCUT2D eigenvalue weighted by atomic mass is 32.2. The highest BCUT2D eigenvalue weighted by molar-refractivity contribution is 7.98. The summed E-state index contributed by atoms with van der Waals surface area (Å²) in [6.07, 6.45) is 0. The van der Waals surface area contributed by atoms with E-state index >= 15 is 0 Å². The molecule has 0 atom stereocenters. The van der Waals surface area contributed by atoms with Crippen molar-refractivity contribution in [2.45, 2.75) is 11.5 Å². The Balaban J connectivity index is 1.94. The van der Waals surface area contributed by atoms with E-state index in [-0.39, 0.29) is 11.3 Å². The lowest BCUT2D eigenvalue weighted by Crippen LogP contribution is -2.16. The number of hydrogen-bond acceptors (Lipinski definition) is 5. The molecular formula is C12H11N3O2S. The number of anilines is 2. The van der Waals surface area contributed by atoms with Gasteiger partial charge in [0.05, 0.1) is 5.69 Å².